The van der Waals surface area contributed by atoms with Gasteiger partial charge in [-0.2, -0.15) is 0 Å². The maximum absolute atomic E-state index is 13.4. The molecule has 0 saturated carbocycles. The lowest BCUT2D eigenvalue weighted by atomic mass is 9.88. The molecule has 0 aliphatic carbocycles. The molecule has 0 spiro atoms. The number of carbonyl (C=O) groups is 2. The number of methoxy groups -OCH3 is 2. The molecule has 1 aromatic heterocycles. The molecule has 3 aromatic rings. The largest absolute Gasteiger partial charge is 0.369 e. The Morgan fingerprint density at radius 3 is 1.56 bits per heavy atom. The number of rotatable bonds is 12. The second kappa shape index (κ2) is 12.7. The Morgan fingerprint density at radius 2 is 1.09 bits per heavy atom. The molecule has 2 aromatic carbocycles. The number of aryl methyl sites for hydroxylation is 4. The molecule has 2 fully saturated rings. The summed E-state index contributed by atoms with van der Waals surface area (Å²) in [5, 5.41) is 0. The molecule has 0 unspecified atom stereocenters. The highest BCUT2D eigenvalue weighted by molar-refractivity contribution is 5.89. The van der Waals surface area contributed by atoms with E-state index in [2.05, 4.69) is 0 Å². The Bertz CT molecular complexity index is 1630. The molecule has 5 rings (SSSR count). The molecule has 2 aliphatic heterocycles. The van der Waals surface area contributed by atoms with Crippen LogP contribution in [0.3, 0.4) is 0 Å². The van der Waals surface area contributed by atoms with E-state index in [1.54, 1.807) is 34.6 Å². The van der Waals surface area contributed by atoms with Gasteiger partial charge in [-0.25, -0.2) is 4.79 Å². The van der Waals surface area contributed by atoms with Gasteiger partial charge in [-0.05, 0) is 55.9 Å². The Balaban J connectivity index is 1.24. The summed E-state index contributed by atoms with van der Waals surface area (Å²) in [6.07, 6.45) is 1.52. The quantitative estimate of drug-likeness (QED) is 0.302. The van der Waals surface area contributed by atoms with E-state index in [9.17, 15) is 19.2 Å². The number of nitrogens with zero attached hydrogens (tertiary/aromatic N) is 4. The lowest BCUT2D eigenvalue weighted by Crippen LogP contribution is -2.60. The van der Waals surface area contributed by atoms with Gasteiger partial charge in [0.15, 0.2) is 12.2 Å². The predicted molar refractivity (Wildman–Crippen MR) is 162 cm³/mol. The summed E-state index contributed by atoms with van der Waals surface area (Å²) in [6, 6.07) is 15.5. The van der Waals surface area contributed by atoms with Crippen LogP contribution in [-0.2, 0) is 32.2 Å². The van der Waals surface area contributed by atoms with Crippen LogP contribution in [0.25, 0.3) is 0 Å². The van der Waals surface area contributed by atoms with Gasteiger partial charge in [-0.15, -0.1) is 0 Å². The zero-order valence-corrected chi connectivity index (χ0v) is 25.5. The molecule has 0 radical (unpaired) electrons. The summed E-state index contributed by atoms with van der Waals surface area (Å²) in [7, 11) is 3.09. The lowest BCUT2D eigenvalue weighted by molar-refractivity contribution is -0.171. The minimum absolute atomic E-state index is 0.0653. The zero-order chi connectivity index (χ0) is 30.8. The van der Waals surface area contributed by atoms with Crippen molar-refractivity contribution in [2.24, 2.45) is 0 Å². The molecule has 2 aliphatic rings. The number of amides is 2. The Labute approximate surface area is 251 Å². The van der Waals surface area contributed by atoms with Gasteiger partial charge in [0.1, 0.15) is 0 Å². The Morgan fingerprint density at radius 1 is 0.628 bits per heavy atom. The number of carbonyl (C=O) groups excluding carboxylic acids is 2. The van der Waals surface area contributed by atoms with Crippen molar-refractivity contribution in [2.75, 3.05) is 27.3 Å². The van der Waals surface area contributed by atoms with Crippen LogP contribution >= 0.6 is 0 Å². The summed E-state index contributed by atoms with van der Waals surface area (Å²) in [6.45, 7) is 7.13. The van der Waals surface area contributed by atoms with Crippen LogP contribution in [0.1, 0.15) is 52.7 Å². The summed E-state index contributed by atoms with van der Waals surface area (Å²) in [5.74, 6) is -0.158. The first-order chi connectivity index (χ1) is 20.7. The molecule has 2 saturated heterocycles. The van der Waals surface area contributed by atoms with Crippen molar-refractivity contribution < 1.29 is 19.1 Å². The van der Waals surface area contributed by atoms with Crippen LogP contribution in [0.2, 0.25) is 0 Å². The standard InChI is InChI=1S/C33H40N4O6/c1-21-12-6-8-14-24(21)26-28(42-4)31(39)35(26)17-10-16-34-20-23(3)30(38)37(33(34)41)19-11-18-36-27(29(43-5)32(36)40)25-15-9-7-13-22(25)2/h6-9,12-15,20,26-29H,10-11,16-19H2,1-5H3/t26-,27-,28+,29+/m0/s1. The highest BCUT2D eigenvalue weighted by Gasteiger charge is 2.49. The number of β-lactam (4-membered cyclic amide) rings is 2. The average Bonchev–Trinajstić information content (AvgIpc) is 2.99. The van der Waals surface area contributed by atoms with Crippen LogP contribution in [0.15, 0.2) is 64.3 Å². The number of ether oxygens (including phenoxy) is 2. The van der Waals surface area contributed by atoms with Crippen LogP contribution in [-0.4, -0.2) is 70.3 Å². The van der Waals surface area contributed by atoms with E-state index in [0.29, 0.717) is 38.0 Å². The van der Waals surface area contributed by atoms with Crippen LogP contribution < -0.4 is 11.2 Å². The summed E-state index contributed by atoms with van der Waals surface area (Å²) < 4.78 is 13.8. The maximum atomic E-state index is 13.4. The van der Waals surface area contributed by atoms with Crippen LogP contribution in [0.5, 0.6) is 0 Å². The van der Waals surface area contributed by atoms with E-state index < -0.39 is 17.9 Å². The monoisotopic (exact) mass is 588 g/mol. The van der Waals surface area contributed by atoms with Crippen molar-refractivity contribution in [3.8, 4) is 0 Å². The maximum Gasteiger partial charge on any atom is 0.330 e. The second-order valence-corrected chi connectivity index (χ2v) is 11.4. The molecule has 10 nitrogen and oxygen atoms in total. The molecular weight excluding hydrogens is 548 g/mol. The smallest absolute Gasteiger partial charge is 0.330 e. The molecule has 10 heteroatoms. The molecule has 2 amide bonds. The number of hydrogen-bond acceptors (Lipinski definition) is 6. The minimum atomic E-state index is -0.539. The highest BCUT2D eigenvalue weighted by atomic mass is 16.5. The van der Waals surface area contributed by atoms with Crippen molar-refractivity contribution in [1.29, 1.82) is 0 Å². The highest BCUT2D eigenvalue weighted by Crippen LogP contribution is 2.39. The first-order valence-electron chi connectivity index (χ1n) is 14.8. The van der Waals surface area contributed by atoms with Crippen molar-refractivity contribution in [1.82, 2.24) is 18.9 Å². The fourth-order valence-electron chi connectivity index (χ4n) is 6.46. The first kappa shape index (κ1) is 30.4. The topological polar surface area (TPSA) is 103 Å². The van der Waals surface area contributed by atoms with Gasteiger partial charge < -0.3 is 23.8 Å². The number of hydrogen-bond donors (Lipinski definition) is 0. The normalized spacial score (nSPS) is 21.6. The second-order valence-electron chi connectivity index (χ2n) is 11.4. The van der Waals surface area contributed by atoms with E-state index in [0.717, 1.165) is 22.3 Å². The fraction of sp³-hybridized carbons (Fsp3) is 0.455. The Hall–Kier alpha value is -4.02. The fourth-order valence-corrected chi connectivity index (χ4v) is 6.46. The number of likely N-dealkylation sites (tertiary alicyclic amines) is 2. The third-order valence-electron chi connectivity index (χ3n) is 8.81. The Kier molecular flexibility index (Phi) is 8.98. The van der Waals surface area contributed by atoms with Gasteiger partial charge in [0.05, 0.1) is 12.1 Å². The van der Waals surface area contributed by atoms with Gasteiger partial charge in [0, 0.05) is 52.2 Å². The SMILES string of the molecule is CO[C@H]1C(=O)N(CCCn2cc(C)c(=O)n(CCCN3C(=O)[C@H](OC)[C@@H]3c3ccccc3C)c2=O)[C@H]1c1ccccc1C. The van der Waals surface area contributed by atoms with E-state index in [1.807, 2.05) is 62.4 Å². The van der Waals surface area contributed by atoms with Crippen molar-refractivity contribution in [3.63, 3.8) is 0 Å². The van der Waals surface area contributed by atoms with E-state index in [1.165, 1.54) is 11.7 Å². The third-order valence-corrected chi connectivity index (χ3v) is 8.81. The summed E-state index contributed by atoms with van der Waals surface area (Å²) >= 11 is 0. The third kappa shape index (κ3) is 5.57. The number of benzene rings is 2. The van der Waals surface area contributed by atoms with Crippen molar-refractivity contribution in [3.05, 3.63) is 103 Å². The minimum Gasteiger partial charge on any atom is -0.369 e. The summed E-state index contributed by atoms with van der Waals surface area (Å²) in [4.78, 5) is 55.5. The van der Waals surface area contributed by atoms with Crippen molar-refractivity contribution in [2.45, 2.75) is 71.0 Å². The van der Waals surface area contributed by atoms with E-state index in [4.69, 9.17) is 9.47 Å². The van der Waals surface area contributed by atoms with E-state index in [-0.39, 0.29) is 36.0 Å². The average molecular weight is 589 g/mol. The van der Waals surface area contributed by atoms with Crippen LogP contribution in [0.4, 0.5) is 0 Å². The molecule has 0 bridgehead atoms. The predicted octanol–water partition coefficient (Wildman–Crippen LogP) is 2.91. The zero-order valence-electron chi connectivity index (χ0n) is 25.5. The van der Waals surface area contributed by atoms with Crippen molar-refractivity contribution >= 4 is 11.8 Å². The summed E-state index contributed by atoms with van der Waals surface area (Å²) in [5.41, 5.74) is 4.00. The lowest BCUT2D eigenvalue weighted by Gasteiger charge is -2.47. The molecule has 0 N–H and O–H groups in total. The van der Waals surface area contributed by atoms with Gasteiger partial charge in [-0.3, -0.25) is 19.0 Å². The first-order valence-corrected chi connectivity index (χ1v) is 14.8. The van der Waals surface area contributed by atoms with Gasteiger partial charge in [0.25, 0.3) is 17.4 Å². The molecule has 4 atom stereocenters. The number of aromatic nitrogens is 2. The van der Waals surface area contributed by atoms with Gasteiger partial charge in [-0.1, -0.05) is 48.5 Å². The molecule has 228 valence electrons. The van der Waals surface area contributed by atoms with Gasteiger partial charge in [0.2, 0.25) is 0 Å². The van der Waals surface area contributed by atoms with Gasteiger partial charge >= 0.3 is 5.69 Å². The van der Waals surface area contributed by atoms with E-state index >= 15 is 0 Å². The molecule has 3 heterocycles. The van der Waals surface area contributed by atoms with Crippen LogP contribution in [0, 0.1) is 20.8 Å². The molecular formula is C33H40N4O6. The molecule has 43 heavy (non-hydrogen) atoms.